The maximum absolute atomic E-state index is 13.1. The first-order valence-corrected chi connectivity index (χ1v) is 9.55. The number of hydrogen-bond acceptors (Lipinski definition) is 4. The molecule has 2 aromatic carbocycles. The van der Waals surface area contributed by atoms with Gasteiger partial charge < -0.3 is 15.4 Å². The lowest BCUT2D eigenvalue weighted by Crippen LogP contribution is -2.45. The first-order valence-electron chi connectivity index (χ1n) is 9.55. The van der Waals surface area contributed by atoms with Gasteiger partial charge >= 0.3 is 0 Å². The van der Waals surface area contributed by atoms with Crippen molar-refractivity contribution in [2.45, 2.75) is 18.9 Å². The fourth-order valence-electron chi connectivity index (χ4n) is 3.47. The third-order valence-electron chi connectivity index (χ3n) is 4.95. The molecular weight excluding hydrogens is 352 g/mol. The molecule has 1 fully saturated rings. The van der Waals surface area contributed by atoms with Gasteiger partial charge in [-0.3, -0.25) is 4.79 Å². The smallest absolute Gasteiger partial charge is 0.255 e. The lowest BCUT2D eigenvalue weighted by molar-refractivity contribution is 0.0931. The molecule has 0 bridgehead atoms. The summed E-state index contributed by atoms with van der Waals surface area (Å²) in [5, 5.41) is 11.2. The molecule has 28 heavy (non-hydrogen) atoms. The van der Waals surface area contributed by atoms with Crippen molar-refractivity contribution in [1.82, 2.24) is 20.4 Å². The van der Waals surface area contributed by atoms with Gasteiger partial charge in [-0.25, -0.2) is 4.68 Å². The van der Waals surface area contributed by atoms with Gasteiger partial charge in [0.25, 0.3) is 5.91 Å². The number of piperidine rings is 1. The SMILES string of the molecule is COc1cccc(-c2nn(-c3ccccc3)cc2C(=O)NC2CCCNC2)c1. The fraction of sp³-hybridized carbons (Fsp3) is 0.273. The summed E-state index contributed by atoms with van der Waals surface area (Å²) >= 11 is 0. The number of methoxy groups -OCH3 is 1. The van der Waals surface area contributed by atoms with E-state index in [2.05, 4.69) is 10.6 Å². The molecule has 6 nitrogen and oxygen atoms in total. The first-order chi connectivity index (χ1) is 13.7. The highest BCUT2D eigenvalue weighted by Gasteiger charge is 2.22. The molecule has 2 N–H and O–H groups in total. The molecule has 144 valence electrons. The highest BCUT2D eigenvalue weighted by atomic mass is 16.5. The maximum Gasteiger partial charge on any atom is 0.255 e. The molecule has 6 heteroatoms. The Kier molecular flexibility index (Phi) is 5.39. The third kappa shape index (κ3) is 3.92. The number of rotatable bonds is 5. The zero-order valence-corrected chi connectivity index (χ0v) is 15.9. The van der Waals surface area contributed by atoms with Gasteiger partial charge in [-0.15, -0.1) is 0 Å². The van der Waals surface area contributed by atoms with Gasteiger partial charge in [0.1, 0.15) is 11.4 Å². The predicted molar refractivity (Wildman–Crippen MR) is 109 cm³/mol. The van der Waals surface area contributed by atoms with Crippen LogP contribution in [0.5, 0.6) is 5.75 Å². The summed E-state index contributed by atoms with van der Waals surface area (Å²) in [7, 11) is 1.63. The summed E-state index contributed by atoms with van der Waals surface area (Å²) in [5.41, 5.74) is 2.96. The molecule has 2 heterocycles. The second-order valence-corrected chi connectivity index (χ2v) is 6.92. The Morgan fingerprint density at radius 2 is 2.07 bits per heavy atom. The molecule has 1 aromatic heterocycles. The number of nitrogens with one attached hydrogen (secondary N) is 2. The molecule has 1 aliphatic rings. The minimum absolute atomic E-state index is 0.103. The van der Waals surface area contributed by atoms with Crippen LogP contribution in [0.1, 0.15) is 23.2 Å². The number of aromatic nitrogens is 2. The summed E-state index contributed by atoms with van der Waals surface area (Å²) in [6.45, 7) is 1.81. The van der Waals surface area contributed by atoms with E-state index in [0.29, 0.717) is 11.3 Å². The van der Waals surface area contributed by atoms with E-state index in [9.17, 15) is 4.79 Å². The monoisotopic (exact) mass is 376 g/mol. The first kappa shape index (κ1) is 18.3. The van der Waals surface area contributed by atoms with Crippen molar-refractivity contribution < 1.29 is 9.53 Å². The Hall–Kier alpha value is -3.12. The van der Waals surface area contributed by atoms with Crippen LogP contribution >= 0.6 is 0 Å². The zero-order chi connectivity index (χ0) is 19.3. The fourth-order valence-corrected chi connectivity index (χ4v) is 3.47. The molecule has 4 rings (SSSR count). The molecule has 1 aliphatic heterocycles. The van der Waals surface area contributed by atoms with Crippen LogP contribution in [-0.2, 0) is 0 Å². The standard InChI is InChI=1S/C22H24N4O2/c1-28-19-11-5-7-16(13-19)21-20(22(27)24-17-8-6-12-23-14-17)15-26(25-21)18-9-3-2-4-10-18/h2-5,7,9-11,13,15,17,23H,6,8,12,14H2,1H3,(H,24,27). The van der Waals surface area contributed by atoms with Crippen LogP contribution in [0.2, 0.25) is 0 Å². The average Bonchev–Trinajstić information content (AvgIpc) is 3.21. The van der Waals surface area contributed by atoms with Crippen LogP contribution in [-0.4, -0.2) is 41.9 Å². The van der Waals surface area contributed by atoms with Gasteiger partial charge in [-0.1, -0.05) is 30.3 Å². The van der Waals surface area contributed by atoms with E-state index < -0.39 is 0 Å². The lowest BCUT2D eigenvalue weighted by atomic mass is 10.0. The van der Waals surface area contributed by atoms with E-state index in [0.717, 1.165) is 42.9 Å². The average molecular weight is 376 g/mol. The Morgan fingerprint density at radius 3 is 2.82 bits per heavy atom. The van der Waals surface area contributed by atoms with Gasteiger partial charge in [0.2, 0.25) is 0 Å². The molecule has 1 atom stereocenters. The highest BCUT2D eigenvalue weighted by Crippen LogP contribution is 2.27. The largest absolute Gasteiger partial charge is 0.497 e. The van der Waals surface area contributed by atoms with Crippen molar-refractivity contribution in [2.75, 3.05) is 20.2 Å². The molecule has 0 saturated carbocycles. The van der Waals surface area contributed by atoms with Crippen molar-refractivity contribution in [3.05, 3.63) is 66.4 Å². The lowest BCUT2D eigenvalue weighted by Gasteiger charge is -2.23. The number of hydrogen-bond donors (Lipinski definition) is 2. The number of benzene rings is 2. The molecule has 3 aromatic rings. The maximum atomic E-state index is 13.1. The van der Waals surface area contributed by atoms with E-state index in [-0.39, 0.29) is 11.9 Å². The number of carbonyl (C=O) groups excluding carboxylic acids is 1. The number of para-hydroxylation sites is 1. The number of carbonyl (C=O) groups is 1. The zero-order valence-electron chi connectivity index (χ0n) is 15.9. The van der Waals surface area contributed by atoms with Crippen LogP contribution in [0.15, 0.2) is 60.8 Å². The molecule has 0 radical (unpaired) electrons. The van der Waals surface area contributed by atoms with Gasteiger partial charge in [0, 0.05) is 24.3 Å². The van der Waals surface area contributed by atoms with Crippen molar-refractivity contribution in [3.8, 4) is 22.7 Å². The molecule has 0 aliphatic carbocycles. The second-order valence-electron chi connectivity index (χ2n) is 6.92. The van der Waals surface area contributed by atoms with E-state index >= 15 is 0 Å². The van der Waals surface area contributed by atoms with Gasteiger partial charge in [-0.2, -0.15) is 5.10 Å². The molecular formula is C22H24N4O2. The summed E-state index contributed by atoms with van der Waals surface area (Å²) in [4.78, 5) is 13.1. The van der Waals surface area contributed by atoms with Crippen molar-refractivity contribution >= 4 is 5.91 Å². The normalized spacial score (nSPS) is 16.5. The van der Waals surface area contributed by atoms with Crippen LogP contribution in [0.4, 0.5) is 0 Å². The number of nitrogens with zero attached hydrogens (tertiary/aromatic N) is 2. The van der Waals surface area contributed by atoms with Gasteiger partial charge in [0.15, 0.2) is 0 Å². The Balaban J connectivity index is 1.72. The van der Waals surface area contributed by atoms with Gasteiger partial charge in [0.05, 0.1) is 18.4 Å². The summed E-state index contributed by atoms with van der Waals surface area (Å²) < 4.78 is 7.10. The van der Waals surface area contributed by atoms with Crippen LogP contribution in [0.3, 0.4) is 0 Å². The molecule has 1 amide bonds. The van der Waals surface area contributed by atoms with Crippen molar-refractivity contribution in [3.63, 3.8) is 0 Å². The summed E-state index contributed by atoms with van der Waals surface area (Å²) in [5.74, 6) is 0.628. The third-order valence-corrected chi connectivity index (χ3v) is 4.95. The predicted octanol–water partition coefficient (Wildman–Crippen LogP) is 3.03. The summed E-state index contributed by atoms with van der Waals surface area (Å²) in [6, 6.07) is 17.6. The molecule has 0 spiro atoms. The van der Waals surface area contributed by atoms with E-state index in [4.69, 9.17) is 9.84 Å². The van der Waals surface area contributed by atoms with Crippen molar-refractivity contribution in [2.24, 2.45) is 0 Å². The van der Waals surface area contributed by atoms with E-state index in [1.165, 1.54) is 0 Å². The van der Waals surface area contributed by atoms with E-state index in [1.54, 1.807) is 18.0 Å². The van der Waals surface area contributed by atoms with Crippen LogP contribution in [0, 0.1) is 0 Å². The van der Waals surface area contributed by atoms with E-state index in [1.807, 2.05) is 54.6 Å². The second kappa shape index (κ2) is 8.27. The topological polar surface area (TPSA) is 68.2 Å². The Morgan fingerprint density at radius 1 is 1.21 bits per heavy atom. The highest BCUT2D eigenvalue weighted by molar-refractivity contribution is 6.00. The molecule has 1 unspecified atom stereocenters. The minimum atomic E-state index is -0.103. The minimum Gasteiger partial charge on any atom is -0.497 e. The Bertz CT molecular complexity index is 946. The van der Waals surface area contributed by atoms with Gasteiger partial charge in [-0.05, 0) is 43.7 Å². The Labute approximate surface area is 164 Å². The molecule has 1 saturated heterocycles. The number of amides is 1. The number of ether oxygens (including phenoxy) is 1. The van der Waals surface area contributed by atoms with Crippen LogP contribution in [0.25, 0.3) is 16.9 Å². The van der Waals surface area contributed by atoms with Crippen LogP contribution < -0.4 is 15.4 Å². The quantitative estimate of drug-likeness (QED) is 0.718. The summed E-state index contributed by atoms with van der Waals surface area (Å²) in [6.07, 6.45) is 3.85. The van der Waals surface area contributed by atoms with Crippen molar-refractivity contribution in [1.29, 1.82) is 0 Å².